The molecular formula is C12H12ClN7O. The molecule has 3 aromatic heterocycles. The maximum atomic E-state index is 12.3. The molecule has 0 bridgehead atoms. The molecule has 1 amide bonds. The number of aromatic nitrogens is 5. The van der Waals surface area contributed by atoms with Gasteiger partial charge in [-0.25, -0.2) is 4.98 Å². The fourth-order valence-electron chi connectivity index (χ4n) is 2.00. The minimum atomic E-state index is -0.362. The Hall–Kier alpha value is -2.61. The van der Waals surface area contributed by atoms with Crippen LogP contribution in [0.25, 0.3) is 11.2 Å². The van der Waals surface area contributed by atoms with E-state index >= 15 is 0 Å². The van der Waals surface area contributed by atoms with Crippen LogP contribution in [0.2, 0.25) is 5.15 Å². The number of halogens is 1. The van der Waals surface area contributed by atoms with Gasteiger partial charge in [0, 0.05) is 12.7 Å². The number of anilines is 2. The summed E-state index contributed by atoms with van der Waals surface area (Å²) in [6.07, 6.45) is 3.15. The third kappa shape index (κ3) is 2.40. The standard InChI is InChI=1S/C12H12ClN7O/c1-2-20-4-6(14)3-7(20)11(21)19-12-17-9(13)8-10(18-12)16-5-15-8/h3-5H,2,14H2,1H3,(H2,15,16,17,18,19,21). The van der Waals surface area contributed by atoms with E-state index in [0.717, 1.165) is 0 Å². The van der Waals surface area contributed by atoms with E-state index in [1.165, 1.54) is 6.33 Å². The van der Waals surface area contributed by atoms with Crippen molar-refractivity contribution in [2.24, 2.45) is 0 Å². The van der Waals surface area contributed by atoms with E-state index in [0.29, 0.717) is 29.1 Å². The highest BCUT2D eigenvalue weighted by Crippen LogP contribution is 2.19. The summed E-state index contributed by atoms with van der Waals surface area (Å²) in [6, 6.07) is 1.59. The zero-order valence-corrected chi connectivity index (χ0v) is 11.8. The summed E-state index contributed by atoms with van der Waals surface area (Å²) in [5, 5.41) is 2.79. The zero-order chi connectivity index (χ0) is 15.0. The molecule has 0 unspecified atom stereocenters. The Labute approximate surface area is 124 Å². The van der Waals surface area contributed by atoms with Crippen molar-refractivity contribution < 1.29 is 4.79 Å². The minimum Gasteiger partial charge on any atom is -0.397 e. The number of amides is 1. The monoisotopic (exact) mass is 305 g/mol. The molecule has 0 aliphatic rings. The predicted octanol–water partition coefficient (Wildman–Crippen LogP) is 1.66. The number of nitrogens with two attached hydrogens (primary N) is 1. The summed E-state index contributed by atoms with van der Waals surface area (Å²) >= 11 is 6.00. The molecule has 108 valence electrons. The molecule has 3 rings (SSSR count). The lowest BCUT2D eigenvalue weighted by Gasteiger charge is -2.06. The van der Waals surface area contributed by atoms with E-state index in [9.17, 15) is 4.79 Å². The number of carbonyl (C=O) groups excluding carboxylic acids is 1. The van der Waals surface area contributed by atoms with Crippen molar-refractivity contribution in [1.29, 1.82) is 0 Å². The largest absolute Gasteiger partial charge is 0.397 e. The molecule has 0 aromatic carbocycles. The minimum absolute atomic E-state index is 0.0898. The molecule has 0 fully saturated rings. The Kier molecular flexibility index (Phi) is 3.22. The van der Waals surface area contributed by atoms with Gasteiger partial charge in [-0.2, -0.15) is 9.97 Å². The second-order valence-electron chi connectivity index (χ2n) is 4.34. The van der Waals surface area contributed by atoms with Gasteiger partial charge in [-0.1, -0.05) is 11.6 Å². The average molecular weight is 306 g/mol. The molecule has 8 nitrogen and oxygen atoms in total. The lowest BCUT2D eigenvalue weighted by Crippen LogP contribution is -2.18. The van der Waals surface area contributed by atoms with Crippen LogP contribution in [-0.4, -0.2) is 30.4 Å². The van der Waals surface area contributed by atoms with Gasteiger partial charge in [0.2, 0.25) is 5.95 Å². The van der Waals surface area contributed by atoms with Crippen molar-refractivity contribution in [3.05, 3.63) is 29.4 Å². The molecule has 0 spiro atoms. The van der Waals surface area contributed by atoms with Gasteiger partial charge >= 0.3 is 0 Å². The van der Waals surface area contributed by atoms with E-state index in [2.05, 4.69) is 25.3 Å². The van der Waals surface area contributed by atoms with Crippen molar-refractivity contribution in [1.82, 2.24) is 24.5 Å². The number of nitrogens with one attached hydrogen (secondary N) is 2. The number of hydrogen-bond donors (Lipinski definition) is 3. The molecule has 0 saturated carbocycles. The second kappa shape index (κ2) is 5.06. The Morgan fingerprint density at radius 2 is 2.33 bits per heavy atom. The number of hydrogen-bond acceptors (Lipinski definition) is 5. The van der Waals surface area contributed by atoms with Gasteiger partial charge < -0.3 is 15.3 Å². The molecule has 9 heteroatoms. The molecule has 0 radical (unpaired) electrons. The lowest BCUT2D eigenvalue weighted by atomic mass is 10.4. The number of rotatable bonds is 3. The number of nitrogen functional groups attached to an aromatic ring is 1. The molecule has 0 saturated heterocycles. The van der Waals surface area contributed by atoms with Gasteiger partial charge in [-0.05, 0) is 13.0 Å². The van der Waals surface area contributed by atoms with Crippen LogP contribution in [0.1, 0.15) is 17.4 Å². The maximum absolute atomic E-state index is 12.3. The number of fused-ring (bicyclic) bond motifs is 1. The predicted molar refractivity (Wildman–Crippen MR) is 79.2 cm³/mol. The number of H-pyrrole nitrogens is 1. The van der Waals surface area contributed by atoms with Crippen molar-refractivity contribution >= 4 is 40.3 Å². The van der Waals surface area contributed by atoms with Crippen molar-refractivity contribution in [2.45, 2.75) is 13.5 Å². The zero-order valence-electron chi connectivity index (χ0n) is 11.1. The molecular weight excluding hydrogens is 294 g/mol. The van der Waals surface area contributed by atoms with Crippen LogP contribution < -0.4 is 11.1 Å². The van der Waals surface area contributed by atoms with Crippen molar-refractivity contribution in [3.63, 3.8) is 0 Å². The fourth-order valence-corrected chi connectivity index (χ4v) is 2.22. The number of aromatic amines is 1. The Bertz CT molecular complexity index is 822. The summed E-state index contributed by atoms with van der Waals surface area (Å²) < 4.78 is 1.74. The first-order chi connectivity index (χ1) is 10.1. The van der Waals surface area contributed by atoms with Crippen LogP contribution in [-0.2, 0) is 6.54 Å². The summed E-state index contributed by atoms with van der Waals surface area (Å²) in [4.78, 5) is 27.2. The van der Waals surface area contributed by atoms with E-state index in [4.69, 9.17) is 17.3 Å². The molecule has 3 heterocycles. The number of carbonyl (C=O) groups is 1. The lowest BCUT2D eigenvalue weighted by molar-refractivity contribution is 0.101. The topological polar surface area (TPSA) is 115 Å². The quantitative estimate of drug-likeness (QED) is 0.637. The first kappa shape index (κ1) is 13.4. The highest BCUT2D eigenvalue weighted by Gasteiger charge is 2.15. The van der Waals surface area contributed by atoms with Crippen LogP contribution in [0.5, 0.6) is 0 Å². The van der Waals surface area contributed by atoms with Gasteiger partial charge in [0.25, 0.3) is 5.91 Å². The second-order valence-corrected chi connectivity index (χ2v) is 4.70. The molecule has 0 aliphatic carbocycles. The van der Waals surface area contributed by atoms with Gasteiger partial charge in [0.15, 0.2) is 10.8 Å². The van der Waals surface area contributed by atoms with Crippen LogP contribution in [0.3, 0.4) is 0 Å². The normalized spacial score (nSPS) is 11.0. The molecule has 4 N–H and O–H groups in total. The third-order valence-electron chi connectivity index (χ3n) is 2.96. The molecule has 0 aliphatic heterocycles. The molecule has 3 aromatic rings. The molecule has 21 heavy (non-hydrogen) atoms. The van der Waals surface area contributed by atoms with Gasteiger partial charge in [0.05, 0.1) is 12.0 Å². The summed E-state index contributed by atoms with van der Waals surface area (Å²) in [6.45, 7) is 2.54. The number of nitrogens with zero attached hydrogens (tertiary/aromatic N) is 4. The van der Waals surface area contributed by atoms with Crippen LogP contribution in [0, 0.1) is 0 Å². The smallest absolute Gasteiger partial charge is 0.274 e. The SMILES string of the molecule is CCn1cc(N)cc1C(=O)Nc1nc(Cl)c2[nH]cnc2n1. The summed E-state index contributed by atoms with van der Waals surface area (Å²) in [5.41, 5.74) is 7.56. The molecule has 0 atom stereocenters. The van der Waals surface area contributed by atoms with Crippen LogP contribution >= 0.6 is 11.6 Å². The third-order valence-corrected chi connectivity index (χ3v) is 3.23. The highest BCUT2D eigenvalue weighted by molar-refractivity contribution is 6.33. The summed E-state index contributed by atoms with van der Waals surface area (Å²) in [7, 11) is 0. The number of aryl methyl sites for hydroxylation is 1. The summed E-state index contributed by atoms with van der Waals surface area (Å²) in [5.74, 6) is -0.272. The van der Waals surface area contributed by atoms with Gasteiger partial charge in [0.1, 0.15) is 11.2 Å². The van der Waals surface area contributed by atoms with Gasteiger partial charge in [-0.3, -0.25) is 10.1 Å². The first-order valence-electron chi connectivity index (χ1n) is 6.22. The maximum Gasteiger partial charge on any atom is 0.274 e. The van der Waals surface area contributed by atoms with E-state index in [-0.39, 0.29) is 17.0 Å². The Morgan fingerprint density at radius 3 is 3.10 bits per heavy atom. The highest BCUT2D eigenvalue weighted by atomic mass is 35.5. The van der Waals surface area contributed by atoms with E-state index in [1.54, 1.807) is 16.8 Å². The van der Waals surface area contributed by atoms with E-state index in [1.807, 2.05) is 6.92 Å². The Morgan fingerprint density at radius 1 is 1.52 bits per heavy atom. The van der Waals surface area contributed by atoms with Crippen LogP contribution in [0.4, 0.5) is 11.6 Å². The Balaban J connectivity index is 1.92. The van der Waals surface area contributed by atoms with Crippen molar-refractivity contribution in [2.75, 3.05) is 11.1 Å². The van der Waals surface area contributed by atoms with E-state index < -0.39 is 0 Å². The van der Waals surface area contributed by atoms with Gasteiger partial charge in [-0.15, -0.1) is 0 Å². The number of imidazole rings is 1. The van der Waals surface area contributed by atoms with Crippen LogP contribution in [0.15, 0.2) is 18.6 Å². The fraction of sp³-hybridized carbons (Fsp3) is 0.167. The average Bonchev–Trinajstić information content (AvgIpc) is 3.04. The first-order valence-corrected chi connectivity index (χ1v) is 6.60. The van der Waals surface area contributed by atoms with Crippen molar-refractivity contribution in [3.8, 4) is 0 Å².